The van der Waals surface area contributed by atoms with Gasteiger partial charge in [0.25, 0.3) is 11.8 Å². The van der Waals surface area contributed by atoms with E-state index in [1.807, 2.05) is 0 Å². The van der Waals surface area contributed by atoms with Gasteiger partial charge in [0.05, 0.1) is 11.1 Å². The Morgan fingerprint density at radius 2 is 1.92 bits per heavy atom. The third kappa shape index (κ3) is 5.36. The molecule has 1 aliphatic carbocycles. The number of nitrogens with one attached hydrogen (secondary N) is 1. The van der Waals surface area contributed by atoms with E-state index in [-0.39, 0.29) is 39.4 Å². The summed E-state index contributed by atoms with van der Waals surface area (Å²) in [6.45, 7) is 0. The molecule has 2 amide bonds. The van der Waals surface area contributed by atoms with Crippen LogP contribution in [0.1, 0.15) is 45.8 Å². The second-order valence-electron chi connectivity index (χ2n) is 9.16. The molecule has 0 unspecified atom stereocenters. The third-order valence-electron chi connectivity index (χ3n) is 6.35. The predicted molar refractivity (Wildman–Crippen MR) is 140 cm³/mol. The normalized spacial score (nSPS) is 17.8. The summed E-state index contributed by atoms with van der Waals surface area (Å²) < 4.78 is 31.4. The lowest BCUT2D eigenvalue weighted by Gasteiger charge is -2.29. The fraction of sp³-hybridized carbons (Fsp3) is 0.333. The molecule has 198 valence electrons. The van der Waals surface area contributed by atoms with Gasteiger partial charge in [-0.3, -0.25) is 14.3 Å². The molecule has 3 aromatic heterocycles. The topological polar surface area (TPSA) is 172 Å². The fourth-order valence-corrected chi connectivity index (χ4v) is 5.76. The molecule has 0 atom stereocenters. The van der Waals surface area contributed by atoms with E-state index in [0.717, 1.165) is 17.6 Å². The average molecular weight is 556 g/mol. The van der Waals surface area contributed by atoms with Gasteiger partial charge < -0.3 is 15.8 Å². The fourth-order valence-electron chi connectivity index (χ4n) is 4.35. The lowest BCUT2D eigenvalue weighted by atomic mass is 9.93. The summed E-state index contributed by atoms with van der Waals surface area (Å²) in [6, 6.07) is 7.93. The van der Waals surface area contributed by atoms with Gasteiger partial charge >= 0.3 is 0 Å². The first-order valence-electron chi connectivity index (χ1n) is 11.8. The van der Waals surface area contributed by atoms with Crippen molar-refractivity contribution in [2.45, 2.75) is 42.7 Å². The maximum absolute atomic E-state index is 12.8. The summed E-state index contributed by atoms with van der Waals surface area (Å²) in [5.74, 6) is -0.780. The minimum Gasteiger partial charge on any atom is -0.474 e. The first-order valence-corrected chi connectivity index (χ1v) is 14.5. The minimum absolute atomic E-state index is 0.0774. The van der Waals surface area contributed by atoms with E-state index >= 15 is 0 Å². The van der Waals surface area contributed by atoms with E-state index in [1.54, 1.807) is 36.1 Å². The second-order valence-corrected chi connectivity index (χ2v) is 12.2. The molecule has 0 spiro atoms. The van der Waals surface area contributed by atoms with Crippen LogP contribution in [0.5, 0.6) is 5.88 Å². The van der Waals surface area contributed by atoms with Crippen molar-refractivity contribution in [1.82, 2.24) is 30.3 Å². The maximum Gasteiger partial charge on any atom is 0.282 e. The third-order valence-corrected chi connectivity index (χ3v) is 8.44. The summed E-state index contributed by atoms with van der Waals surface area (Å²) >= 11 is 1.10. The lowest BCUT2D eigenvalue weighted by molar-refractivity contribution is 0.0880. The van der Waals surface area contributed by atoms with Gasteiger partial charge in [-0.25, -0.2) is 8.42 Å². The van der Waals surface area contributed by atoms with Gasteiger partial charge in [-0.2, -0.15) is 10.1 Å². The number of hydrogen-bond donors (Lipinski definition) is 2. The number of fused-ring (bicyclic) bond motifs is 1. The molecule has 0 radical (unpaired) electrons. The van der Waals surface area contributed by atoms with Crippen LogP contribution in [0.25, 0.3) is 21.6 Å². The number of rotatable bonds is 7. The number of carbonyl (C=O) groups is 2. The van der Waals surface area contributed by atoms with E-state index < -0.39 is 15.7 Å². The van der Waals surface area contributed by atoms with Crippen molar-refractivity contribution in [2.24, 2.45) is 12.8 Å². The molecule has 0 saturated heterocycles. The van der Waals surface area contributed by atoms with Crippen LogP contribution in [0.4, 0.5) is 0 Å². The number of amides is 2. The molecule has 3 N–H and O–H groups in total. The van der Waals surface area contributed by atoms with Crippen molar-refractivity contribution in [3.05, 3.63) is 47.1 Å². The number of pyridine rings is 1. The number of ether oxygens (including phenoxy) is 1. The van der Waals surface area contributed by atoms with Gasteiger partial charge in [0.1, 0.15) is 16.7 Å². The molecule has 4 aromatic rings. The molecule has 1 aromatic carbocycles. The Balaban J connectivity index is 1.20. The Morgan fingerprint density at radius 3 is 2.63 bits per heavy atom. The molecule has 5 rings (SSSR count). The van der Waals surface area contributed by atoms with E-state index in [1.165, 1.54) is 12.1 Å². The highest BCUT2D eigenvalue weighted by molar-refractivity contribution is 7.90. The molecule has 1 aliphatic rings. The standard InChI is InChI=1S/C24H25N7O5S2/c1-31-20-14(12-26-31)11-18(19(25)32)22(28-20)36-16-8-6-15(7-9-16)27-21(33)24-30-29-23(37-24)13-4-3-5-17(10-13)38(2,34)35/h3-5,10-12,15-16H,6-9H2,1-2H3,(H2,25,32)(H,27,33)/t15-,16-. The monoisotopic (exact) mass is 555 g/mol. The number of aromatic nitrogens is 5. The van der Waals surface area contributed by atoms with Gasteiger partial charge in [-0.05, 0) is 43.9 Å². The summed E-state index contributed by atoms with van der Waals surface area (Å²) in [5.41, 5.74) is 6.92. The van der Waals surface area contributed by atoms with Crippen molar-refractivity contribution in [3.8, 4) is 16.5 Å². The number of aryl methyl sites for hydroxylation is 1. The van der Waals surface area contributed by atoms with Crippen molar-refractivity contribution >= 4 is 44.0 Å². The first-order chi connectivity index (χ1) is 18.1. The molecule has 1 fully saturated rings. The van der Waals surface area contributed by atoms with E-state index in [0.29, 0.717) is 47.3 Å². The Morgan fingerprint density at radius 1 is 1.16 bits per heavy atom. The van der Waals surface area contributed by atoms with Crippen LogP contribution >= 0.6 is 11.3 Å². The molecular weight excluding hydrogens is 530 g/mol. The van der Waals surface area contributed by atoms with Crippen LogP contribution in [0.15, 0.2) is 41.4 Å². The largest absolute Gasteiger partial charge is 0.474 e. The van der Waals surface area contributed by atoms with Gasteiger partial charge in [0, 0.05) is 30.3 Å². The Bertz CT molecular complexity index is 1640. The number of nitrogens with two attached hydrogens (primary N) is 1. The molecule has 3 heterocycles. The zero-order chi connectivity index (χ0) is 27.0. The average Bonchev–Trinajstić information content (AvgIpc) is 3.52. The van der Waals surface area contributed by atoms with Crippen molar-refractivity contribution in [3.63, 3.8) is 0 Å². The summed E-state index contributed by atoms with van der Waals surface area (Å²) in [6.07, 6.45) is 5.19. The van der Waals surface area contributed by atoms with Gasteiger partial charge in [-0.1, -0.05) is 23.5 Å². The minimum atomic E-state index is -3.37. The Kier molecular flexibility index (Phi) is 6.84. The van der Waals surface area contributed by atoms with Crippen LogP contribution in [0.3, 0.4) is 0 Å². The quantitative estimate of drug-likeness (QED) is 0.346. The number of benzene rings is 1. The van der Waals surface area contributed by atoms with Crippen molar-refractivity contribution in [1.29, 1.82) is 0 Å². The highest BCUT2D eigenvalue weighted by Crippen LogP contribution is 2.29. The number of primary amides is 1. The number of sulfone groups is 1. The molecule has 0 aliphatic heterocycles. The van der Waals surface area contributed by atoms with Crippen LogP contribution in [0.2, 0.25) is 0 Å². The van der Waals surface area contributed by atoms with Crippen molar-refractivity contribution in [2.75, 3.05) is 6.26 Å². The number of hydrogen-bond acceptors (Lipinski definition) is 10. The van der Waals surface area contributed by atoms with Gasteiger partial charge in [0.15, 0.2) is 15.5 Å². The van der Waals surface area contributed by atoms with Crippen LogP contribution in [-0.2, 0) is 16.9 Å². The lowest BCUT2D eigenvalue weighted by Crippen LogP contribution is -2.39. The van der Waals surface area contributed by atoms with Crippen molar-refractivity contribution < 1.29 is 22.7 Å². The zero-order valence-electron chi connectivity index (χ0n) is 20.6. The maximum atomic E-state index is 12.8. The molecule has 12 nitrogen and oxygen atoms in total. The van der Waals surface area contributed by atoms with E-state index in [2.05, 4.69) is 25.6 Å². The molecule has 0 bridgehead atoms. The molecule has 14 heteroatoms. The van der Waals surface area contributed by atoms with Crippen LogP contribution in [-0.4, -0.2) is 63.6 Å². The highest BCUT2D eigenvalue weighted by Gasteiger charge is 2.27. The van der Waals surface area contributed by atoms with Gasteiger partial charge in [0.2, 0.25) is 10.9 Å². The molecule has 1 saturated carbocycles. The van der Waals surface area contributed by atoms with Gasteiger partial charge in [-0.15, -0.1) is 10.2 Å². The molecule has 38 heavy (non-hydrogen) atoms. The zero-order valence-corrected chi connectivity index (χ0v) is 22.3. The smallest absolute Gasteiger partial charge is 0.282 e. The Hall–Kier alpha value is -3.91. The second kappa shape index (κ2) is 10.1. The number of carbonyl (C=O) groups excluding carboxylic acids is 2. The summed E-state index contributed by atoms with van der Waals surface area (Å²) in [7, 11) is -1.61. The van der Waals surface area contributed by atoms with Crippen LogP contribution in [0, 0.1) is 0 Å². The summed E-state index contributed by atoms with van der Waals surface area (Å²) in [5, 5.41) is 16.6. The first kappa shape index (κ1) is 25.7. The highest BCUT2D eigenvalue weighted by atomic mass is 32.2. The van der Waals surface area contributed by atoms with E-state index in [4.69, 9.17) is 10.5 Å². The molecular formula is C24H25N7O5S2. The summed E-state index contributed by atoms with van der Waals surface area (Å²) in [4.78, 5) is 29.4. The van der Waals surface area contributed by atoms with Crippen LogP contribution < -0.4 is 15.8 Å². The van der Waals surface area contributed by atoms with E-state index in [9.17, 15) is 18.0 Å². The number of nitrogens with zero attached hydrogens (tertiary/aromatic N) is 5. The Labute approximate surface area is 222 Å². The SMILES string of the molecule is Cn1ncc2cc(C(N)=O)c(O[C@H]3CC[C@H](NC(=O)c4nnc(-c5cccc(S(C)(=O)=O)c5)s4)CC3)nc21. The predicted octanol–water partition coefficient (Wildman–Crippen LogP) is 2.11.